The van der Waals surface area contributed by atoms with Crippen LogP contribution in [0.2, 0.25) is 0 Å². The van der Waals surface area contributed by atoms with Gasteiger partial charge in [-0.15, -0.1) is 24.8 Å². The zero-order valence-electron chi connectivity index (χ0n) is 16.0. The van der Waals surface area contributed by atoms with Gasteiger partial charge in [0.25, 0.3) is 0 Å². The van der Waals surface area contributed by atoms with Crippen LogP contribution in [-0.2, 0) is 19.7 Å². The molecular weight excluding hydrogens is 387 g/mol. The molecule has 2 aliphatic rings. The molecule has 0 spiro atoms. The van der Waals surface area contributed by atoms with Crippen molar-refractivity contribution in [2.45, 2.75) is 37.7 Å². The first-order valence-electron chi connectivity index (χ1n) is 9.52. The molecule has 1 atom stereocenters. The molecule has 27 heavy (non-hydrogen) atoms. The van der Waals surface area contributed by atoms with Crippen LogP contribution in [0.15, 0.2) is 30.3 Å². The number of morpholine rings is 1. The molecule has 7 heteroatoms. The fraction of sp³-hybridized carbons (Fsp3) is 0.650. The molecule has 5 nitrogen and oxygen atoms in total. The van der Waals surface area contributed by atoms with Crippen LogP contribution in [0.5, 0.6) is 0 Å². The minimum atomic E-state index is -0.489. The Balaban J connectivity index is 0.00000182. The number of hydrogen-bond donors (Lipinski definition) is 1. The van der Waals surface area contributed by atoms with E-state index < -0.39 is 5.41 Å². The second kappa shape index (κ2) is 11.9. The molecule has 1 aromatic carbocycles. The van der Waals surface area contributed by atoms with E-state index >= 15 is 0 Å². The van der Waals surface area contributed by atoms with Gasteiger partial charge in [-0.2, -0.15) is 0 Å². The minimum Gasteiger partial charge on any atom is -0.465 e. The van der Waals surface area contributed by atoms with Crippen LogP contribution in [0, 0.1) is 0 Å². The number of nitrogens with one attached hydrogen (secondary N) is 1. The monoisotopic (exact) mass is 418 g/mol. The smallest absolute Gasteiger partial charge is 0.316 e. The van der Waals surface area contributed by atoms with Gasteiger partial charge in [-0.05, 0) is 44.8 Å². The van der Waals surface area contributed by atoms with E-state index in [-0.39, 0.29) is 30.8 Å². The first-order chi connectivity index (χ1) is 12.2. The Morgan fingerprint density at radius 2 is 1.96 bits per heavy atom. The number of esters is 1. The van der Waals surface area contributed by atoms with Gasteiger partial charge in [0.1, 0.15) is 0 Å². The molecule has 0 amide bonds. The van der Waals surface area contributed by atoms with Gasteiger partial charge < -0.3 is 19.7 Å². The molecule has 2 heterocycles. The molecule has 2 fully saturated rings. The van der Waals surface area contributed by atoms with Crippen molar-refractivity contribution >= 4 is 30.8 Å². The Morgan fingerprint density at radius 1 is 1.26 bits per heavy atom. The summed E-state index contributed by atoms with van der Waals surface area (Å²) >= 11 is 0. The lowest BCUT2D eigenvalue weighted by atomic mass is 9.72. The van der Waals surface area contributed by atoms with Crippen molar-refractivity contribution in [2.75, 3.05) is 45.9 Å². The summed E-state index contributed by atoms with van der Waals surface area (Å²) in [4.78, 5) is 15.2. The molecule has 0 aliphatic carbocycles. The predicted molar refractivity (Wildman–Crippen MR) is 112 cm³/mol. The summed E-state index contributed by atoms with van der Waals surface area (Å²) in [6, 6.07) is 10.1. The molecule has 3 rings (SSSR count). The fourth-order valence-corrected chi connectivity index (χ4v) is 3.93. The van der Waals surface area contributed by atoms with Gasteiger partial charge >= 0.3 is 5.97 Å². The van der Waals surface area contributed by atoms with E-state index in [0.717, 1.165) is 64.2 Å². The lowest BCUT2D eigenvalue weighted by molar-refractivity contribution is -0.152. The Hall–Kier alpha value is -0.850. The number of benzene rings is 1. The van der Waals surface area contributed by atoms with Crippen molar-refractivity contribution in [3.05, 3.63) is 35.9 Å². The van der Waals surface area contributed by atoms with E-state index in [4.69, 9.17) is 9.47 Å². The minimum absolute atomic E-state index is 0. The molecular formula is C20H32Cl2N2O3. The first-order valence-corrected chi connectivity index (χ1v) is 9.52. The van der Waals surface area contributed by atoms with E-state index in [1.807, 2.05) is 25.1 Å². The van der Waals surface area contributed by atoms with Crippen LogP contribution in [0.4, 0.5) is 0 Å². The van der Waals surface area contributed by atoms with E-state index in [1.165, 1.54) is 0 Å². The third kappa shape index (κ3) is 6.06. The van der Waals surface area contributed by atoms with Crippen LogP contribution in [0.3, 0.4) is 0 Å². The Kier molecular flexibility index (Phi) is 10.6. The van der Waals surface area contributed by atoms with Crippen LogP contribution in [-0.4, -0.2) is 62.9 Å². The third-order valence-electron chi connectivity index (χ3n) is 5.47. The highest BCUT2D eigenvalue weighted by Gasteiger charge is 2.44. The lowest BCUT2D eigenvalue weighted by Crippen LogP contribution is -2.49. The van der Waals surface area contributed by atoms with Gasteiger partial charge in [0, 0.05) is 19.6 Å². The molecule has 1 N–H and O–H groups in total. The average molecular weight is 419 g/mol. The molecule has 0 bridgehead atoms. The van der Waals surface area contributed by atoms with E-state index in [2.05, 4.69) is 22.3 Å². The standard InChI is InChI=1S/C20H30N2O3.2ClH/c1-2-24-19(23)20(17-6-4-3-5-7-17)9-13-22(14-10-20)12-8-18-16-21-11-15-25-18;;/h3-7,18,21H,2,8-16H2,1H3;2*1H. The molecule has 154 valence electrons. The number of carbonyl (C=O) groups excluding carboxylic acids is 1. The summed E-state index contributed by atoms with van der Waals surface area (Å²) in [6.45, 7) is 7.91. The summed E-state index contributed by atoms with van der Waals surface area (Å²) in [5.41, 5.74) is 0.601. The zero-order chi connectivity index (χ0) is 17.5. The van der Waals surface area contributed by atoms with Crippen LogP contribution >= 0.6 is 24.8 Å². The number of carbonyl (C=O) groups is 1. The molecule has 1 aromatic rings. The molecule has 2 aliphatic heterocycles. The fourth-order valence-electron chi connectivity index (χ4n) is 3.93. The van der Waals surface area contributed by atoms with Crippen molar-refractivity contribution in [1.29, 1.82) is 0 Å². The SMILES string of the molecule is CCOC(=O)C1(c2ccccc2)CCN(CCC2CNCCO2)CC1.Cl.Cl. The number of nitrogens with zero attached hydrogens (tertiary/aromatic N) is 1. The second-order valence-corrected chi connectivity index (χ2v) is 7.00. The van der Waals surface area contributed by atoms with Crippen molar-refractivity contribution in [2.24, 2.45) is 0 Å². The Bertz CT molecular complexity index is 545. The maximum absolute atomic E-state index is 12.8. The predicted octanol–water partition coefficient (Wildman–Crippen LogP) is 2.81. The molecule has 0 aromatic heterocycles. The molecule has 1 unspecified atom stereocenters. The van der Waals surface area contributed by atoms with Gasteiger partial charge in [0.05, 0.1) is 24.7 Å². The number of likely N-dealkylation sites (tertiary alicyclic amines) is 1. The summed E-state index contributed by atoms with van der Waals surface area (Å²) in [5.74, 6) is -0.0688. The number of ether oxygens (including phenoxy) is 2. The quantitative estimate of drug-likeness (QED) is 0.719. The summed E-state index contributed by atoms with van der Waals surface area (Å²) in [5, 5.41) is 3.38. The number of hydrogen-bond acceptors (Lipinski definition) is 5. The van der Waals surface area contributed by atoms with Crippen molar-refractivity contribution < 1.29 is 14.3 Å². The van der Waals surface area contributed by atoms with Crippen molar-refractivity contribution in [3.63, 3.8) is 0 Å². The molecule has 0 saturated carbocycles. The van der Waals surface area contributed by atoms with Gasteiger partial charge in [-0.3, -0.25) is 4.79 Å². The normalized spacial score (nSPS) is 22.2. The number of halogens is 2. The summed E-state index contributed by atoms with van der Waals surface area (Å²) < 4.78 is 11.2. The molecule has 0 radical (unpaired) electrons. The topological polar surface area (TPSA) is 50.8 Å². The first kappa shape index (κ1) is 24.2. The largest absolute Gasteiger partial charge is 0.465 e. The Labute approximate surface area is 175 Å². The number of piperidine rings is 1. The van der Waals surface area contributed by atoms with E-state index in [0.29, 0.717) is 12.7 Å². The van der Waals surface area contributed by atoms with Gasteiger partial charge in [-0.25, -0.2) is 0 Å². The van der Waals surface area contributed by atoms with Crippen LogP contribution in [0.25, 0.3) is 0 Å². The van der Waals surface area contributed by atoms with Gasteiger partial charge in [0.15, 0.2) is 0 Å². The Morgan fingerprint density at radius 3 is 2.56 bits per heavy atom. The average Bonchev–Trinajstić information content (AvgIpc) is 2.68. The van der Waals surface area contributed by atoms with Crippen LogP contribution in [0.1, 0.15) is 31.7 Å². The highest BCUT2D eigenvalue weighted by molar-refractivity contribution is 5.85. The van der Waals surface area contributed by atoms with E-state index in [1.54, 1.807) is 0 Å². The third-order valence-corrected chi connectivity index (χ3v) is 5.47. The number of rotatable bonds is 6. The highest BCUT2D eigenvalue weighted by atomic mass is 35.5. The second-order valence-electron chi connectivity index (χ2n) is 7.00. The lowest BCUT2D eigenvalue weighted by Gasteiger charge is -2.40. The van der Waals surface area contributed by atoms with Gasteiger partial charge in [0.2, 0.25) is 0 Å². The van der Waals surface area contributed by atoms with Gasteiger partial charge in [-0.1, -0.05) is 30.3 Å². The molecule has 2 saturated heterocycles. The highest BCUT2D eigenvalue weighted by Crippen LogP contribution is 2.37. The van der Waals surface area contributed by atoms with Crippen molar-refractivity contribution in [3.8, 4) is 0 Å². The zero-order valence-corrected chi connectivity index (χ0v) is 17.7. The van der Waals surface area contributed by atoms with E-state index in [9.17, 15) is 4.79 Å². The summed E-state index contributed by atoms with van der Waals surface area (Å²) in [7, 11) is 0. The maximum atomic E-state index is 12.8. The summed E-state index contributed by atoms with van der Waals surface area (Å²) in [6.07, 6.45) is 3.00. The van der Waals surface area contributed by atoms with Crippen molar-refractivity contribution in [1.82, 2.24) is 10.2 Å². The van der Waals surface area contributed by atoms with Crippen LogP contribution < -0.4 is 5.32 Å². The maximum Gasteiger partial charge on any atom is 0.316 e.